The van der Waals surface area contributed by atoms with Gasteiger partial charge in [-0.1, -0.05) is 23.7 Å². The van der Waals surface area contributed by atoms with Gasteiger partial charge < -0.3 is 5.32 Å². The second-order valence-corrected chi connectivity index (χ2v) is 8.73. The quantitative estimate of drug-likeness (QED) is 0.662. The van der Waals surface area contributed by atoms with E-state index in [1.165, 1.54) is 11.6 Å². The average molecular weight is 474 g/mol. The molecule has 6 nitrogen and oxygen atoms in total. The van der Waals surface area contributed by atoms with E-state index >= 15 is 0 Å². The Labute approximate surface area is 193 Å². The molecule has 0 aliphatic carbocycles. The predicted octanol–water partition coefficient (Wildman–Crippen LogP) is 4.69. The number of hydrazine groups is 1. The molecular formula is C23H19ClF3N5O. The molecule has 0 aromatic heterocycles. The lowest BCUT2D eigenvalue weighted by Crippen LogP contribution is -2.52. The Bertz CT molecular complexity index is 1180. The van der Waals surface area contributed by atoms with E-state index in [9.17, 15) is 23.2 Å². The third-order valence-corrected chi connectivity index (χ3v) is 6.65. The number of alkyl halides is 3. The van der Waals surface area contributed by atoms with E-state index in [4.69, 9.17) is 11.6 Å². The van der Waals surface area contributed by atoms with Crippen molar-refractivity contribution >= 4 is 23.2 Å². The third-order valence-electron chi connectivity index (χ3n) is 6.39. The Kier molecular flexibility index (Phi) is 5.32. The van der Waals surface area contributed by atoms with Crippen molar-refractivity contribution in [3.05, 3.63) is 75.6 Å². The van der Waals surface area contributed by atoms with Crippen molar-refractivity contribution in [1.82, 2.24) is 15.3 Å². The molecule has 10 heteroatoms. The monoisotopic (exact) mass is 473 g/mol. The average Bonchev–Trinajstić information content (AvgIpc) is 3.18. The molecule has 2 aromatic rings. The molecule has 2 N–H and O–H groups in total. The lowest BCUT2D eigenvalue weighted by Gasteiger charge is -2.36. The molecule has 1 amide bonds. The van der Waals surface area contributed by atoms with Crippen molar-refractivity contribution in [3.8, 4) is 6.07 Å². The standard InChI is InChI=1S/C23H19ClF3N5O/c24-16-4-1-13(2-5-16)14-7-9-31(10-8-14)21-18(12-28)20-29-19-6-3-15(23(25,26)27)11-17(19)22(33)32(20)30-21/h1-6,11,14,21,29-30H,7-10H2. The molecule has 0 bridgehead atoms. The van der Waals surface area contributed by atoms with Gasteiger partial charge in [-0.05, 0) is 54.7 Å². The number of anilines is 1. The summed E-state index contributed by atoms with van der Waals surface area (Å²) in [5.74, 6) is 0.00114. The number of amides is 1. The van der Waals surface area contributed by atoms with Gasteiger partial charge in [-0.3, -0.25) is 9.69 Å². The molecule has 1 unspecified atom stereocenters. The predicted molar refractivity (Wildman–Crippen MR) is 116 cm³/mol. The molecule has 3 aliphatic rings. The zero-order chi connectivity index (χ0) is 23.3. The summed E-state index contributed by atoms with van der Waals surface area (Å²) in [5, 5.41) is 14.6. The van der Waals surface area contributed by atoms with Gasteiger partial charge in [0, 0.05) is 18.1 Å². The smallest absolute Gasteiger partial charge is 0.339 e. The molecule has 0 spiro atoms. The first kappa shape index (κ1) is 21.8. The number of halogens is 4. The van der Waals surface area contributed by atoms with Crippen LogP contribution in [0.4, 0.5) is 18.9 Å². The summed E-state index contributed by atoms with van der Waals surface area (Å²) in [6.45, 7) is 1.38. The van der Waals surface area contributed by atoms with Gasteiger partial charge in [-0.2, -0.15) is 18.4 Å². The van der Waals surface area contributed by atoms with Crippen molar-refractivity contribution in [2.24, 2.45) is 0 Å². The Morgan fingerprint density at radius 2 is 1.79 bits per heavy atom. The van der Waals surface area contributed by atoms with E-state index in [-0.39, 0.29) is 17.1 Å². The number of piperidine rings is 1. The van der Waals surface area contributed by atoms with Gasteiger partial charge >= 0.3 is 6.18 Å². The van der Waals surface area contributed by atoms with Crippen molar-refractivity contribution in [3.63, 3.8) is 0 Å². The Balaban J connectivity index is 1.36. The molecule has 1 atom stereocenters. The number of hydrogen-bond donors (Lipinski definition) is 2. The fourth-order valence-electron chi connectivity index (χ4n) is 4.64. The highest BCUT2D eigenvalue weighted by molar-refractivity contribution is 6.30. The van der Waals surface area contributed by atoms with Gasteiger partial charge in [0.2, 0.25) is 0 Å². The van der Waals surface area contributed by atoms with Crippen molar-refractivity contribution in [2.45, 2.75) is 31.1 Å². The zero-order valence-corrected chi connectivity index (χ0v) is 18.0. The second-order valence-electron chi connectivity index (χ2n) is 8.29. The van der Waals surface area contributed by atoms with Crippen LogP contribution in [-0.2, 0) is 6.18 Å². The van der Waals surface area contributed by atoms with E-state index in [0.29, 0.717) is 29.6 Å². The number of hydrogen-bond acceptors (Lipinski definition) is 5. The molecule has 2 aromatic carbocycles. The van der Waals surface area contributed by atoms with E-state index in [1.54, 1.807) is 0 Å². The Morgan fingerprint density at radius 3 is 2.42 bits per heavy atom. The van der Waals surface area contributed by atoms with Crippen LogP contribution < -0.4 is 10.7 Å². The number of nitrogens with one attached hydrogen (secondary N) is 2. The fourth-order valence-corrected chi connectivity index (χ4v) is 4.77. The normalized spacial score (nSPS) is 21.5. The minimum absolute atomic E-state index is 0.0968. The molecule has 1 fully saturated rings. The van der Waals surface area contributed by atoms with Crippen LogP contribution in [0.2, 0.25) is 5.02 Å². The van der Waals surface area contributed by atoms with Crippen molar-refractivity contribution in [2.75, 3.05) is 18.4 Å². The van der Waals surface area contributed by atoms with Crippen molar-refractivity contribution in [1.29, 1.82) is 5.26 Å². The van der Waals surface area contributed by atoms with E-state index in [1.807, 2.05) is 24.3 Å². The number of carbonyl (C=O) groups is 1. The van der Waals surface area contributed by atoms with Crippen LogP contribution in [0.3, 0.4) is 0 Å². The summed E-state index contributed by atoms with van der Waals surface area (Å²) in [6.07, 6.45) is -3.36. The van der Waals surface area contributed by atoms with Gasteiger partial charge in [-0.15, -0.1) is 0 Å². The third kappa shape index (κ3) is 3.84. The SMILES string of the molecule is N#CC1=C2Nc3ccc(C(F)(F)F)cc3C(=O)N2NC1N1CCC(c2ccc(Cl)cc2)CC1. The summed E-state index contributed by atoms with van der Waals surface area (Å²) in [4.78, 5) is 15.1. The maximum absolute atomic E-state index is 13.1. The molecule has 3 aliphatic heterocycles. The molecular weight excluding hydrogens is 455 g/mol. The number of rotatable bonds is 2. The maximum atomic E-state index is 13.1. The summed E-state index contributed by atoms with van der Waals surface area (Å²) >= 11 is 5.98. The van der Waals surface area contributed by atoms with Crippen LogP contribution in [0.5, 0.6) is 0 Å². The fraction of sp³-hybridized carbons (Fsp3) is 0.304. The maximum Gasteiger partial charge on any atom is 0.416 e. The minimum atomic E-state index is -4.56. The van der Waals surface area contributed by atoms with Crippen LogP contribution in [-0.4, -0.2) is 35.1 Å². The van der Waals surface area contributed by atoms with Crippen LogP contribution in [0.1, 0.15) is 40.2 Å². The number of nitrogens with zero attached hydrogens (tertiary/aromatic N) is 3. The number of nitriles is 1. The first-order valence-electron chi connectivity index (χ1n) is 10.5. The minimum Gasteiger partial charge on any atom is -0.339 e. The first-order chi connectivity index (χ1) is 15.8. The number of carbonyl (C=O) groups excluding carboxylic acids is 1. The van der Waals surface area contributed by atoms with Gasteiger partial charge in [0.15, 0.2) is 0 Å². The highest BCUT2D eigenvalue weighted by atomic mass is 35.5. The number of fused-ring (bicyclic) bond motifs is 2. The molecule has 3 heterocycles. The molecule has 33 heavy (non-hydrogen) atoms. The topological polar surface area (TPSA) is 71.4 Å². The first-order valence-corrected chi connectivity index (χ1v) is 10.9. The van der Waals surface area contributed by atoms with E-state index in [2.05, 4.69) is 21.7 Å². The van der Waals surface area contributed by atoms with Crippen LogP contribution in [0, 0.1) is 11.3 Å². The molecule has 1 saturated heterocycles. The summed E-state index contributed by atoms with van der Waals surface area (Å²) in [5.41, 5.74) is 3.82. The highest BCUT2D eigenvalue weighted by Crippen LogP contribution is 2.38. The van der Waals surface area contributed by atoms with Gasteiger partial charge in [0.1, 0.15) is 23.6 Å². The van der Waals surface area contributed by atoms with Crippen molar-refractivity contribution < 1.29 is 18.0 Å². The van der Waals surface area contributed by atoms with Gasteiger partial charge in [-0.25, -0.2) is 10.4 Å². The molecule has 0 saturated carbocycles. The van der Waals surface area contributed by atoms with Gasteiger partial charge in [0.25, 0.3) is 5.91 Å². The van der Waals surface area contributed by atoms with E-state index < -0.39 is 23.8 Å². The number of benzene rings is 2. The summed E-state index contributed by atoms with van der Waals surface area (Å²) < 4.78 is 39.4. The van der Waals surface area contributed by atoms with E-state index in [0.717, 1.165) is 30.0 Å². The van der Waals surface area contributed by atoms with Crippen LogP contribution >= 0.6 is 11.6 Å². The van der Waals surface area contributed by atoms with Gasteiger partial charge in [0.05, 0.1) is 16.8 Å². The second kappa shape index (κ2) is 8.06. The Morgan fingerprint density at radius 1 is 1.09 bits per heavy atom. The highest BCUT2D eigenvalue weighted by Gasteiger charge is 2.43. The largest absolute Gasteiger partial charge is 0.416 e. The summed E-state index contributed by atoms with van der Waals surface area (Å²) in [7, 11) is 0. The lowest BCUT2D eigenvalue weighted by atomic mass is 9.89. The van der Waals surface area contributed by atoms with Crippen LogP contribution in [0.15, 0.2) is 53.9 Å². The molecule has 170 valence electrons. The van der Waals surface area contributed by atoms with Crippen LogP contribution in [0.25, 0.3) is 0 Å². The Hall–Kier alpha value is -3.06. The zero-order valence-electron chi connectivity index (χ0n) is 17.3. The lowest BCUT2D eigenvalue weighted by molar-refractivity contribution is -0.137. The number of likely N-dealkylation sites (tertiary alicyclic amines) is 1. The summed E-state index contributed by atoms with van der Waals surface area (Å²) in [6, 6.07) is 12.9. The molecule has 0 radical (unpaired) electrons. The molecule has 5 rings (SSSR count).